The van der Waals surface area contributed by atoms with E-state index >= 15 is 0 Å². The normalized spacial score (nSPS) is 11.6. The van der Waals surface area contributed by atoms with E-state index in [1.165, 1.54) is 0 Å². The largest absolute Gasteiger partial charge is 0.479 e. The zero-order valence-electron chi connectivity index (χ0n) is 15.1. The van der Waals surface area contributed by atoms with Crippen molar-refractivity contribution in [1.29, 1.82) is 0 Å². The van der Waals surface area contributed by atoms with Crippen molar-refractivity contribution in [2.45, 2.75) is 32.8 Å². The first-order valence-corrected chi connectivity index (χ1v) is 9.36. The molecule has 0 fully saturated rings. The van der Waals surface area contributed by atoms with Crippen LogP contribution in [-0.4, -0.2) is 24.6 Å². The summed E-state index contributed by atoms with van der Waals surface area (Å²) in [4.78, 5) is 24.2. The summed E-state index contributed by atoms with van der Waals surface area (Å²) >= 11 is 12.0. The van der Waals surface area contributed by atoms with Crippen molar-refractivity contribution < 1.29 is 19.1 Å². The highest BCUT2D eigenvalue weighted by molar-refractivity contribution is 6.35. The van der Waals surface area contributed by atoms with Gasteiger partial charge in [-0.25, -0.2) is 4.79 Å². The SMILES string of the molecule is CCCCOC(=O)[C@@H](C)Oc1ccc(C(=O)Nc2cc(Cl)ccc2Cl)cc1. The smallest absolute Gasteiger partial charge is 0.347 e. The molecule has 5 nitrogen and oxygen atoms in total. The monoisotopic (exact) mass is 409 g/mol. The molecule has 0 unspecified atom stereocenters. The van der Waals surface area contributed by atoms with Crippen LogP contribution in [-0.2, 0) is 9.53 Å². The van der Waals surface area contributed by atoms with E-state index in [1.807, 2.05) is 6.92 Å². The number of benzene rings is 2. The lowest BCUT2D eigenvalue weighted by Crippen LogP contribution is -2.26. The maximum Gasteiger partial charge on any atom is 0.347 e. The average Bonchev–Trinajstić information content (AvgIpc) is 2.65. The summed E-state index contributed by atoms with van der Waals surface area (Å²) in [5.41, 5.74) is 0.842. The molecule has 2 rings (SSSR count). The Kier molecular flexibility index (Phi) is 7.95. The standard InChI is InChI=1S/C20H21Cl2NO4/c1-3-4-11-26-20(25)13(2)27-16-8-5-14(6-9-16)19(24)23-18-12-15(21)7-10-17(18)22/h5-10,12-13H,3-4,11H2,1-2H3,(H,23,24)/t13-/m1/s1. The Morgan fingerprint density at radius 3 is 2.48 bits per heavy atom. The molecule has 1 amide bonds. The second kappa shape index (κ2) is 10.2. The Morgan fingerprint density at radius 2 is 1.81 bits per heavy atom. The van der Waals surface area contributed by atoms with Crippen molar-refractivity contribution in [1.82, 2.24) is 0 Å². The average molecular weight is 410 g/mol. The fourth-order valence-electron chi connectivity index (χ4n) is 2.16. The summed E-state index contributed by atoms with van der Waals surface area (Å²) < 4.78 is 10.7. The van der Waals surface area contributed by atoms with Crippen LogP contribution in [0, 0.1) is 0 Å². The van der Waals surface area contributed by atoms with Crippen LogP contribution >= 0.6 is 23.2 Å². The second-order valence-corrected chi connectivity index (χ2v) is 6.73. The molecule has 0 bridgehead atoms. The maximum absolute atomic E-state index is 12.3. The molecule has 2 aromatic carbocycles. The van der Waals surface area contributed by atoms with Gasteiger partial charge in [0.15, 0.2) is 6.10 Å². The van der Waals surface area contributed by atoms with E-state index in [9.17, 15) is 9.59 Å². The maximum atomic E-state index is 12.3. The zero-order chi connectivity index (χ0) is 19.8. The number of halogens is 2. The molecule has 0 aliphatic rings. The molecule has 0 saturated carbocycles. The lowest BCUT2D eigenvalue weighted by molar-refractivity contribution is -0.151. The zero-order valence-corrected chi connectivity index (χ0v) is 16.6. The minimum atomic E-state index is -0.730. The molecule has 2 aromatic rings. The van der Waals surface area contributed by atoms with Gasteiger partial charge in [-0.2, -0.15) is 0 Å². The van der Waals surface area contributed by atoms with Crippen LogP contribution in [0.2, 0.25) is 10.0 Å². The number of amides is 1. The third-order valence-electron chi connectivity index (χ3n) is 3.68. The minimum absolute atomic E-state index is 0.335. The van der Waals surface area contributed by atoms with Crippen molar-refractivity contribution in [2.75, 3.05) is 11.9 Å². The molecular formula is C20H21Cl2NO4. The number of hydrogen-bond acceptors (Lipinski definition) is 4. The fraction of sp³-hybridized carbons (Fsp3) is 0.300. The number of esters is 1. The Labute approximate surface area is 168 Å². The van der Waals surface area contributed by atoms with E-state index in [2.05, 4.69) is 5.32 Å². The molecule has 144 valence electrons. The van der Waals surface area contributed by atoms with E-state index in [0.29, 0.717) is 33.7 Å². The van der Waals surface area contributed by atoms with Gasteiger partial charge >= 0.3 is 5.97 Å². The van der Waals surface area contributed by atoms with Crippen LogP contribution in [0.4, 0.5) is 5.69 Å². The van der Waals surface area contributed by atoms with Crippen molar-refractivity contribution in [3.05, 3.63) is 58.1 Å². The van der Waals surface area contributed by atoms with E-state index in [1.54, 1.807) is 49.4 Å². The highest BCUT2D eigenvalue weighted by Crippen LogP contribution is 2.26. The van der Waals surface area contributed by atoms with Crippen LogP contribution in [0.25, 0.3) is 0 Å². The molecule has 1 N–H and O–H groups in total. The van der Waals surface area contributed by atoms with E-state index in [-0.39, 0.29) is 5.91 Å². The molecule has 0 radical (unpaired) electrons. The van der Waals surface area contributed by atoms with Gasteiger partial charge in [0.2, 0.25) is 0 Å². The van der Waals surface area contributed by atoms with Gasteiger partial charge in [0.1, 0.15) is 5.75 Å². The lowest BCUT2D eigenvalue weighted by Gasteiger charge is -2.14. The Morgan fingerprint density at radius 1 is 1.11 bits per heavy atom. The van der Waals surface area contributed by atoms with Gasteiger partial charge in [-0.15, -0.1) is 0 Å². The third kappa shape index (κ3) is 6.45. The van der Waals surface area contributed by atoms with Gasteiger partial charge in [0, 0.05) is 10.6 Å². The topological polar surface area (TPSA) is 64.6 Å². The number of nitrogens with one attached hydrogen (secondary N) is 1. The van der Waals surface area contributed by atoms with Gasteiger partial charge in [0.05, 0.1) is 17.3 Å². The van der Waals surface area contributed by atoms with Crippen LogP contribution in [0.3, 0.4) is 0 Å². The van der Waals surface area contributed by atoms with E-state index in [0.717, 1.165) is 12.8 Å². The quantitative estimate of drug-likeness (QED) is 0.470. The summed E-state index contributed by atoms with van der Waals surface area (Å²) in [5.74, 6) is -0.286. The van der Waals surface area contributed by atoms with Crippen molar-refractivity contribution in [2.24, 2.45) is 0 Å². The molecule has 1 atom stereocenters. The van der Waals surface area contributed by atoms with Gasteiger partial charge in [-0.05, 0) is 55.8 Å². The molecule has 0 aromatic heterocycles. The highest BCUT2D eigenvalue weighted by atomic mass is 35.5. The van der Waals surface area contributed by atoms with Crippen LogP contribution in [0.15, 0.2) is 42.5 Å². The molecule has 27 heavy (non-hydrogen) atoms. The van der Waals surface area contributed by atoms with Gasteiger partial charge in [-0.1, -0.05) is 36.5 Å². The van der Waals surface area contributed by atoms with E-state index < -0.39 is 12.1 Å². The Bertz CT molecular complexity index is 793. The highest BCUT2D eigenvalue weighted by Gasteiger charge is 2.16. The fourth-order valence-corrected chi connectivity index (χ4v) is 2.50. The number of ether oxygens (including phenoxy) is 2. The number of anilines is 1. The first-order chi connectivity index (χ1) is 12.9. The predicted molar refractivity (Wildman–Crippen MR) is 107 cm³/mol. The summed E-state index contributed by atoms with van der Waals surface area (Å²) in [5, 5.41) is 3.57. The van der Waals surface area contributed by atoms with Gasteiger partial charge in [-0.3, -0.25) is 4.79 Å². The molecular weight excluding hydrogens is 389 g/mol. The number of carbonyl (C=O) groups excluding carboxylic acids is 2. The summed E-state index contributed by atoms with van der Waals surface area (Å²) in [6.45, 7) is 4.02. The van der Waals surface area contributed by atoms with Crippen LogP contribution < -0.4 is 10.1 Å². The molecule has 0 spiro atoms. The number of carbonyl (C=O) groups is 2. The predicted octanol–water partition coefficient (Wildman–Crippen LogP) is 5.36. The number of rotatable bonds is 8. The summed E-state index contributed by atoms with van der Waals surface area (Å²) in [7, 11) is 0. The lowest BCUT2D eigenvalue weighted by atomic mass is 10.2. The first-order valence-electron chi connectivity index (χ1n) is 8.60. The number of hydrogen-bond donors (Lipinski definition) is 1. The van der Waals surface area contributed by atoms with Crippen LogP contribution in [0.1, 0.15) is 37.0 Å². The molecule has 0 aliphatic heterocycles. The van der Waals surface area contributed by atoms with Crippen molar-refractivity contribution in [3.63, 3.8) is 0 Å². The third-order valence-corrected chi connectivity index (χ3v) is 4.24. The summed E-state index contributed by atoms with van der Waals surface area (Å²) in [6.07, 6.45) is 1.04. The Hall–Kier alpha value is -2.24. The van der Waals surface area contributed by atoms with Crippen molar-refractivity contribution >= 4 is 40.8 Å². The van der Waals surface area contributed by atoms with Crippen LogP contribution in [0.5, 0.6) is 5.75 Å². The molecule has 0 aliphatic carbocycles. The first kappa shape index (κ1) is 21.1. The minimum Gasteiger partial charge on any atom is -0.479 e. The molecule has 0 heterocycles. The second-order valence-electron chi connectivity index (χ2n) is 5.88. The van der Waals surface area contributed by atoms with Gasteiger partial charge < -0.3 is 14.8 Å². The Balaban J connectivity index is 1.95. The summed E-state index contributed by atoms with van der Waals surface area (Å²) in [6, 6.07) is 11.2. The van der Waals surface area contributed by atoms with E-state index in [4.69, 9.17) is 32.7 Å². The van der Waals surface area contributed by atoms with Gasteiger partial charge in [0.25, 0.3) is 5.91 Å². The molecule has 0 saturated heterocycles. The number of unbranched alkanes of at least 4 members (excludes halogenated alkanes) is 1. The van der Waals surface area contributed by atoms with Crippen molar-refractivity contribution in [3.8, 4) is 5.75 Å². The molecule has 7 heteroatoms.